The van der Waals surface area contributed by atoms with Gasteiger partial charge in [-0.3, -0.25) is 9.59 Å². The van der Waals surface area contributed by atoms with Crippen LogP contribution in [0.4, 0.5) is 14.9 Å². The number of hydrogen-bond acceptors (Lipinski definition) is 7. The van der Waals surface area contributed by atoms with Gasteiger partial charge in [-0.1, -0.05) is 0 Å². The van der Waals surface area contributed by atoms with Crippen molar-refractivity contribution in [3.05, 3.63) is 24.0 Å². The number of aliphatic carboxylic acids is 3. The summed E-state index contributed by atoms with van der Waals surface area (Å²) in [7, 11) is -0.728. The molecule has 13 nitrogen and oxygen atoms in total. The average molecular weight is 485 g/mol. The zero-order valence-corrected chi connectivity index (χ0v) is 18.1. The molecule has 186 valence electrons. The van der Waals surface area contributed by atoms with Crippen molar-refractivity contribution in [2.45, 2.75) is 44.2 Å². The zero-order chi connectivity index (χ0) is 26.0. The minimum absolute atomic E-state index is 0.00152. The van der Waals surface area contributed by atoms with Crippen molar-refractivity contribution in [1.29, 1.82) is 0 Å². The molecule has 0 aliphatic heterocycles. The quantitative estimate of drug-likeness (QED) is 0.164. The number of nitrogens with zero attached hydrogens (tertiary/aromatic N) is 1. The lowest BCUT2D eigenvalue weighted by molar-refractivity contribution is -0.140. The van der Waals surface area contributed by atoms with Gasteiger partial charge in [0.1, 0.15) is 17.9 Å². The highest BCUT2D eigenvalue weighted by Crippen LogP contribution is 2.15. The predicted octanol–water partition coefficient (Wildman–Crippen LogP) is -1.29. The van der Waals surface area contributed by atoms with E-state index < -0.39 is 73.2 Å². The number of hydrogen-bond donors (Lipinski definition) is 7. The molecule has 0 aliphatic rings. The molecule has 0 aliphatic carbocycles. The van der Waals surface area contributed by atoms with Gasteiger partial charge in [0.25, 0.3) is 0 Å². The monoisotopic (exact) mass is 485 g/mol. The first-order chi connectivity index (χ1) is 15.8. The van der Waals surface area contributed by atoms with Crippen molar-refractivity contribution in [2.75, 3.05) is 11.9 Å². The Morgan fingerprint density at radius 2 is 1.53 bits per heavy atom. The summed E-state index contributed by atoms with van der Waals surface area (Å²) in [4.78, 5) is 58.6. The first-order valence-corrected chi connectivity index (χ1v) is 10.00. The van der Waals surface area contributed by atoms with Crippen LogP contribution in [0.2, 0.25) is 0 Å². The van der Waals surface area contributed by atoms with Crippen molar-refractivity contribution < 1.29 is 53.7 Å². The van der Waals surface area contributed by atoms with E-state index in [1.165, 1.54) is 13.1 Å². The maximum atomic E-state index is 13.6. The fourth-order valence-corrected chi connectivity index (χ4v) is 2.85. The number of carboxylic acids is 3. The number of urea groups is 1. The number of rotatable bonds is 13. The Morgan fingerprint density at radius 3 is 2.03 bits per heavy atom. The molecule has 34 heavy (non-hydrogen) atoms. The van der Waals surface area contributed by atoms with Crippen molar-refractivity contribution >= 4 is 48.1 Å². The normalized spacial score (nSPS) is 12.2. The molecule has 1 aromatic rings. The van der Waals surface area contributed by atoms with Crippen molar-refractivity contribution in [2.24, 2.45) is 0 Å². The average Bonchev–Trinajstić information content (AvgIpc) is 2.74. The second-order valence-corrected chi connectivity index (χ2v) is 7.26. The Bertz CT molecular complexity index is 930. The van der Waals surface area contributed by atoms with Crippen molar-refractivity contribution in [3.63, 3.8) is 0 Å². The SMILES string of the molecule is CN(C(=O)CCC[C@H](NC(=O)N[C@@H](CCC(=O)O)C(=O)O)C(=O)O)c1ccc(F)c(B(O)O)c1. The number of benzene rings is 1. The zero-order valence-electron chi connectivity index (χ0n) is 18.1. The number of nitrogens with one attached hydrogen (secondary N) is 2. The summed E-state index contributed by atoms with van der Waals surface area (Å²) in [6.07, 6.45) is -1.30. The number of carbonyl (C=O) groups excluding carboxylic acids is 2. The van der Waals surface area contributed by atoms with Gasteiger partial charge < -0.3 is 40.9 Å². The van der Waals surface area contributed by atoms with Crippen LogP contribution in [0.5, 0.6) is 0 Å². The van der Waals surface area contributed by atoms with Gasteiger partial charge in [-0.2, -0.15) is 0 Å². The third-order valence-electron chi connectivity index (χ3n) is 4.76. The summed E-state index contributed by atoms with van der Waals surface area (Å²) in [6, 6.07) is -0.859. The topological polar surface area (TPSA) is 214 Å². The second-order valence-electron chi connectivity index (χ2n) is 7.26. The Labute approximate surface area is 193 Å². The fourth-order valence-electron chi connectivity index (χ4n) is 2.85. The largest absolute Gasteiger partial charge is 0.491 e. The highest BCUT2D eigenvalue weighted by atomic mass is 19.1. The molecule has 2 atom stereocenters. The summed E-state index contributed by atoms with van der Waals surface area (Å²) >= 11 is 0. The third-order valence-corrected chi connectivity index (χ3v) is 4.76. The van der Waals surface area contributed by atoms with Gasteiger partial charge >= 0.3 is 31.1 Å². The van der Waals surface area contributed by atoms with Crippen LogP contribution < -0.4 is 21.0 Å². The molecule has 0 spiro atoms. The molecule has 15 heteroatoms. The number of halogens is 1. The number of anilines is 1. The van der Waals surface area contributed by atoms with Gasteiger partial charge in [0.2, 0.25) is 5.91 Å². The van der Waals surface area contributed by atoms with Gasteiger partial charge in [-0.15, -0.1) is 0 Å². The third kappa shape index (κ3) is 9.03. The molecule has 1 rings (SSSR count). The van der Waals surface area contributed by atoms with E-state index in [9.17, 15) is 43.5 Å². The predicted molar refractivity (Wildman–Crippen MR) is 115 cm³/mol. The van der Waals surface area contributed by atoms with E-state index in [2.05, 4.69) is 5.32 Å². The Balaban J connectivity index is 2.66. The lowest BCUT2D eigenvalue weighted by Crippen LogP contribution is -2.51. The van der Waals surface area contributed by atoms with Crippen molar-refractivity contribution in [3.8, 4) is 0 Å². The van der Waals surface area contributed by atoms with Gasteiger partial charge in [0.15, 0.2) is 0 Å². The second kappa shape index (κ2) is 13.1. The van der Waals surface area contributed by atoms with Gasteiger partial charge in [0.05, 0.1) is 0 Å². The molecule has 0 heterocycles. The Kier molecular flexibility index (Phi) is 10.9. The number of amides is 3. The Morgan fingerprint density at radius 1 is 0.971 bits per heavy atom. The van der Waals surface area contributed by atoms with Crippen LogP contribution in [0, 0.1) is 5.82 Å². The molecule has 0 bridgehead atoms. The highest BCUT2D eigenvalue weighted by molar-refractivity contribution is 6.58. The molecule has 0 fully saturated rings. The molecule has 1 aromatic carbocycles. The lowest BCUT2D eigenvalue weighted by Gasteiger charge is -2.20. The molecule has 0 saturated carbocycles. The van der Waals surface area contributed by atoms with Crippen LogP contribution in [0.1, 0.15) is 32.1 Å². The van der Waals surface area contributed by atoms with E-state index in [1.807, 2.05) is 5.32 Å². The maximum Gasteiger partial charge on any atom is 0.491 e. The van der Waals surface area contributed by atoms with E-state index >= 15 is 0 Å². The van der Waals surface area contributed by atoms with Gasteiger partial charge in [-0.05, 0) is 37.5 Å². The summed E-state index contributed by atoms with van der Waals surface area (Å²) < 4.78 is 13.6. The Hall–Kier alpha value is -3.72. The standard InChI is InChI=1S/C19H25BFN3O10/c1-24(10-5-6-12(21)11(9-10)20(33)34)15(25)4-2-3-13(17(28)29)22-19(32)23-14(18(30)31)7-8-16(26)27/h5-6,9,13-14,33-34H,2-4,7-8H2,1H3,(H,26,27)(H,28,29)(H,30,31)(H2,22,23,32)/t13-,14-/m0/s1. The summed E-state index contributed by atoms with van der Waals surface area (Å²) in [5.41, 5.74) is -0.260. The van der Waals surface area contributed by atoms with Crippen LogP contribution in [0.3, 0.4) is 0 Å². The number of carboxylic acid groups (broad SMARTS) is 3. The van der Waals surface area contributed by atoms with Gasteiger partial charge in [-0.25, -0.2) is 18.8 Å². The van der Waals surface area contributed by atoms with E-state index in [0.717, 1.165) is 17.0 Å². The molecule has 7 N–H and O–H groups in total. The van der Waals surface area contributed by atoms with Crippen molar-refractivity contribution in [1.82, 2.24) is 10.6 Å². The first kappa shape index (κ1) is 28.3. The van der Waals surface area contributed by atoms with Crippen LogP contribution >= 0.6 is 0 Å². The molecule has 3 amide bonds. The van der Waals surface area contributed by atoms with Crippen LogP contribution in [-0.4, -0.2) is 81.5 Å². The maximum absolute atomic E-state index is 13.6. The summed E-state index contributed by atoms with van der Waals surface area (Å²) in [5.74, 6) is -5.57. The van der Waals surface area contributed by atoms with E-state index in [1.54, 1.807) is 0 Å². The van der Waals surface area contributed by atoms with E-state index in [0.29, 0.717) is 0 Å². The molecule has 0 aromatic heterocycles. The smallest absolute Gasteiger partial charge is 0.481 e. The first-order valence-electron chi connectivity index (χ1n) is 10.00. The fraction of sp³-hybridized carbons (Fsp3) is 0.421. The molecule has 0 saturated heterocycles. The highest BCUT2D eigenvalue weighted by Gasteiger charge is 2.25. The lowest BCUT2D eigenvalue weighted by atomic mass is 9.79. The van der Waals surface area contributed by atoms with E-state index in [4.69, 9.17) is 10.2 Å². The van der Waals surface area contributed by atoms with E-state index in [-0.39, 0.29) is 24.9 Å². The molecule has 0 radical (unpaired) electrons. The van der Waals surface area contributed by atoms with Gasteiger partial charge in [0, 0.05) is 31.0 Å². The number of carbonyl (C=O) groups is 5. The van der Waals surface area contributed by atoms with Crippen LogP contribution in [0.25, 0.3) is 0 Å². The summed E-state index contributed by atoms with van der Waals surface area (Å²) in [5, 5.41) is 49.4. The van der Waals surface area contributed by atoms with Crippen LogP contribution in [-0.2, 0) is 19.2 Å². The minimum atomic E-state index is -2.08. The molecular formula is C19H25BFN3O10. The van der Waals surface area contributed by atoms with Crippen LogP contribution in [0.15, 0.2) is 18.2 Å². The molecule has 0 unspecified atom stereocenters. The molecular weight excluding hydrogens is 460 g/mol. The summed E-state index contributed by atoms with van der Waals surface area (Å²) in [6.45, 7) is 0. The minimum Gasteiger partial charge on any atom is -0.481 e.